The minimum absolute atomic E-state index is 0.0513. The van der Waals surface area contributed by atoms with Gasteiger partial charge < -0.3 is 14.6 Å². The summed E-state index contributed by atoms with van der Waals surface area (Å²) in [6.45, 7) is 2.26. The van der Waals surface area contributed by atoms with E-state index >= 15 is 0 Å². The number of hydrogen-bond acceptors (Lipinski definition) is 5. The number of halogens is 1. The van der Waals surface area contributed by atoms with Crippen molar-refractivity contribution in [2.24, 2.45) is 0 Å². The molecular weight excluding hydrogens is 442 g/mol. The number of aliphatic hydroxyl groups excluding tert-OH is 1. The van der Waals surface area contributed by atoms with Crippen LogP contribution in [0, 0.1) is 0 Å². The predicted octanol–water partition coefficient (Wildman–Crippen LogP) is 5.37. The number of methoxy groups -OCH3 is 1. The van der Waals surface area contributed by atoms with Crippen LogP contribution in [0.25, 0.3) is 5.76 Å². The molecule has 1 unspecified atom stereocenters. The number of rotatable bonds is 6. The summed E-state index contributed by atoms with van der Waals surface area (Å²) >= 11 is 6.36. The highest BCUT2D eigenvalue weighted by Gasteiger charge is 2.47. The van der Waals surface area contributed by atoms with Gasteiger partial charge >= 0.3 is 0 Å². The zero-order valence-corrected chi connectivity index (χ0v) is 18.9. The molecule has 3 aromatic rings. The van der Waals surface area contributed by atoms with Gasteiger partial charge in [0, 0.05) is 17.3 Å². The summed E-state index contributed by atoms with van der Waals surface area (Å²) in [7, 11) is 1.52. The van der Waals surface area contributed by atoms with Gasteiger partial charge in [-0.2, -0.15) is 0 Å². The summed E-state index contributed by atoms with van der Waals surface area (Å²) < 4.78 is 10.8. The Bertz CT molecular complexity index is 1240. The average molecular weight is 464 g/mol. The van der Waals surface area contributed by atoms with Gasteiger partial charge in [-0.05, 0) is 42.8 Å². The monoisotopic (exact) mass is 463 g/mol. The molecule has 1 saturated heterocycles. The number of ketones is 1. The lowest BCUT2D eigenvalue weighted by atomic mass is 9.95. The molecule has 168 valence electrons. The minimum Gasteiger partial charge on any atom is -0.507 e. The van der Waals surface area contributed by atoms with Crippen LogP contribution in [-0.4, -0.2) is 30.5 Å². The maximum atomic E-state index is 13.2. The Morgan fingerprint density at radius 2 is 1.76 bits per heavy atom. The van der Waals surface area contributed by atoms with Gasteiger partial charge in [0.2, 0.25) is 0 Å². The number of benzene rings is 3. The second kappa shape index (κ2) is 9.38. The molecule has 0 bridgehead atoms. The number of hydrogen-bond donors (Lipinski definition) is 1. The summed E-state index contributed by atoms with van der Waals surface area (Å²) in [5, 5.41) is 11.5. The smallest absolute Gasteiger partial charge is 0.300 e. The predicted molar refractivity (Wildman–Crippen MR) is 127 cm³/mol. The standard InChI is InChI=1S/C26H22ClNO5/c1-3-33-19-12-13-21(27)20(15-19)24(29)22-23(16-8-5-4-6-9-16)28(26(31)25(22)30)17-10-7-11-18(14-17)32-2/h4-15,23,29H,3H2,1-2H3/b24-22+. The molecule has 33 heavy (non-hydrogen) atoms. The summed E-state index contributed by atoms with van der Waals surface area (Å²) in [5.74, 6) is -0.896. The van der Waals surface area contributed by atoms with E-state index < -0.39 is 17.7 Å². The molecule has 1 fully saturated rings. The van der Waals surface area contributed by atoms with E-state index in [4.69, 9.17) is 21.1 Å². The van der Waals surface area contributed by atoms with Crippen molar-refractivity contribution in [3.63, 3.8) is 0 Å². The fourth-order valence-electron chi connectivity index (χ4n) is 3.90. The molecule has 0 aliphatic carbocycles. The first-order valence-corrected chi connectivity index (χ1v) is 10.8. The molecule has 1 amide bonds. The third-order valence-electron chi connectivity index (χ3n) is 5.40. The highest BCUT2D eigenvalue weighted by atomic mass is 35.5. The van der Waals surface area contributed by atoms with Gasteiger partial charge in [0.05, 0.1) is 30.4 Å². The summed E-state index contributed by atoms with van der Waals surface area (Å²) in [6, 6.07) is 19.9. The Labute approximate surface area is 196 Å². The molecule has 1 atom stereocenters. The second-order valence-electron chi connectivity index (χ2n) is 7.36. The fourth-order valence-corrected chi connectivity index (χ4v) is 4.10. The SMILES string of the molecule is CCOc1ccc(Cl)c(/C(O)=C2\C(=O)C(=O)N(c3cccc(OC)c3)C2c2ccccc2)c1. The number of carbonyl (C=O) groups excluding carboxylic acids is 2. The van der Waals surface area contributed by atoms with Crippen molar-refractivity contribution in [1.29, 1.82) is 0 Å². The van der Waals surface area contributed by atoms with E-state index in [0.717, 1.165) is 0 Å². The number of carbonyl (C=O) groups is 2. The van der Waals surface area contributed by atoms with Crippen LogP contribution >= 0.6 is 11.6 Å². The molecule has 3 aromatic carbocycles. The van der Waals surface area contributed by atoms with Crippen molar-refractivity contribution in [3.8, 4) is 11.5 Å². The first-order chi connectivity index (χ1) is 16.0. The van der Waals surface area contributed by atoms with Crippen molar-refractivity contribution < 1.29 is 24.2 Å². The fraction of sp³-hybridized carbons (Fsp3) is 0.154. The lowest BCUT2D eigenvalue weighted by Gasteiger charge is -2.25. The van der Waals surface area contributed by atoms with Crippen LogP contribution in [0.15, 0.2) is 78.4 Å². The molecule has 0 saturated carbocycles. The van der Waals surface area contributed by atoms with Crippen molar-refractivity contribution in [2.45, 2.75) is 13.0 Å². The highest BCUT2D eigenvalue weighted by molar-refractivity contribution is 6.52. The van der Waals surface area contributed by atoms with E-state index in [0.29, 0.717) is 29.4 Å². The number of amides is 1. The van der Waals surface area contributed by atoms with Crippen molar-refractivity contribution >= 4 is 34.7 Å². The quantitative estimate of drug-likeness (QED) is 0.302. The van der Waals surface area contributed by atoms with Gasteiger partial charge in [-0.25, -0.2) is 0 Å². The van der Waals surface area contributed by atoms with Crippen LogP contribution in [0.3, 0.4) is 0 Å². The van der Waals surface area contributed by atoms with Gasteiger partial charge in [-0.1, -0.05) is 48.0 Å². The van der Waals surface area contributed by atoms with Crippen LogP contribution in [-0.2, 0) is 9.59 Å². The average Bonchev–Trinajstić information content (AvgIpc) is 3.11. The zero-order chi connectivity index (χ0) is 23.5. The van der Waals surface area contributed by atoms with Crippen LogP contribution in [0.5, 0.6) is 11.5 Å². The van der Waals surface area contributed by atoms with Crippen LogP contribution in [0.4, 0.5) is 5.69 Å². The Morgan fingerprint density at radius 1 is 1.00 bits per heavy atom. The maximum absolute atomic E-state index is 13.2. The number of nitrogens with zero attached hydrogens (tertiary/aromatic N) is 1. The van der Waals surface area contributed by atoms with Crippen LogP contribution in [0.1, 0.15) is 24.1 Å². The van der Waals surface area contributed by atoms with Gasteiger partial charge in [0.1, 0.15) is 17.3 Å². The molecule has 1 aliphatic heterocycles. The lowest BCUT2D eigenvalue weighted by molar-refractivity contribution is -0.132. The molecule has 4 rings (SSSR count). The maximum Gasteiger partial charge on any atom is 0.300 e. The van der Waals surface area contributed by atoms with Gasteiger partial charge in [-0.3, -0.25) is 14.5 Å². The molecule has 0 radical (unpaired) electrons. The molecule has 0 aromatic heterocycles. The minimum atomic E-state index is -0.856. The second-order valence-corrected chi connectivity index (χ2v) is 7.76. The number of aliphatic hydroxyl groups is 1. The van der Waals surface area contributed by atoms with Crippen LogP contribution in [0.2, 0.25) is 5.02 Å². The summed E-state index contributed by atoms with van der Waals surface area (Å²) in [4.78, 5) is 27.8. The van der Waals surface area contributed by atoms with Crippen LogP contribution < -0.4 is 14.4 Å². The molecule has 1 aliphatic rings. The topological polar surface area (TPSA) is 76.1 Å². The van der Waals surface area contributed by atoms with E-state index in [1.807, 2.05) is 25.1 Å². The van der Waals surface area contributed by atoms with E-state index in [1.54, 1.807) is 54.6 Å². The summed E-state index contributed by atoms with van der Waals surface area (Å²) in [5.41, 5.74) is 1.30. The van der Waals surface area contributed by atoms with Gasteiger partial charge in [0.15, 0.2) is 0 Å². The molecular formula is C26H22ClNO5. The Kier molecular flexibility index (Phi) is 6.38. The molecule has 7 heteroatoms. The van der Waals surface area contributed by atoms with E-state index in [1.165, 1.54) is 12.0 Å². The first-order valence-electron chi connectivity index (χ1n) is 10.4. The first kappa shape index (κ1) is 22.4. The largest absolute Gasteiger partial charge is 0.507 e. The Balaban J connectivity index is 1.94. The molecule has 1 heterocycles. The zero-order valence-electron chi connectivity index (χ0n) is 18.1. The Hall–Kier alpha value is -3.77. The third-order valence-corrected chi connectivity index (χ3v) is 5.72. The number of Topliss-reactive ketones (excluding diaryl/α,β-unsaturated/α-hetero) is 1. The molecule has 0 spiro atoms. The lowest BCUT2D eigenvalue weighted by Crippen LogP contribution is -2.29. The van der Waals surface area contributed by atoms with E-state index in [-0.39, 0.29) is 21.9 Å². The Morgan fingerprint density at radius 3 is 2.45 bits per heavy atom. The third kappa shape index (κ3) is 4.17. The molecule has 1 N–H and O–H groups in total. The van der Waals surface area contributed by atoms with Crippen molar-refractivity contribution in [2.75, 3.05) is 18.6 Å². The number of ether oxygens (including phenoxy) is 2. The van der Waals surface area contributed by atoms with Gasteiger partial charge in [0.25, 0.3) is 11.7 Å². The van der Waals surface area contributed by atoms with Crippen molar-refractivity contribution in [3.05, 3.63) is 94.5 Å². The summed E-state index contributed by atoms with van der Waals surface area (Å²) in [6.07, 6.45) is 0. The van der Waals surface area contributed by atoms with E-state index in [9.17, 15) is 14.7 Å². The number of anilines is 1. The van der Waals surface area contributed by atoms with E-state index in [2.05, 4.69) is 0 Å². The molecule has 6 nitrogen and oxygen atoms in total. The van der Waals surface area contributed by atoms with Gasteiger partial charge in [-0.15, -0.1) is 0 Å². The highest BCUT2D eigenvalue weighted by Crippen LogP contribution is 2.43. The van der Waals surface area contributed by atoms with Crippen molar-refractivity contribution in [1.82, 2.24) is 0 Å². The normalized spacial score (nSPS) is 17.3.